The minimum Gasteiger partial charge on any atom is -0.341 e. The number of nitrogens with two attached hydrogens (primary N) is 1. The average molecular weight is 294 g/mol. The predicted octanol–water partition coefficient (Wildman–Crippen LogP) is -0.000200. The maximum Gasteiger partial charge on any atom is 0.237 e. The molecule has 0 heterocycles. The Labute approximate surface area is 119 Å². The fourth-order valence-electron chi connectivity index (χ4n) is 1.60. The van der Waals surface area contributed by atoms with Crippen LogP contribution in [0.4, 0.5) is 0 Å². The van der Waals surface area contributed by atoms with Crippen molar-refractivity contribution >= 4 is 15.7 Å². The lowest BCUT2D eigenvalue weighted by Gasteiger charge is -2.16. The van der Waals surface area contributed by atoms with Crippen LogP contribution in [0.25, 0.3) is 0 Å². The van der Waals surface area contributed by atoms with Gasteiger partial charge in [0.25, 0.3) is 0 Å². The van der Waals surface area contributed by atoms with Crippen molar-refractivity contribution in [2.45, 2.75) is 6.54 Å². The molecule has 0 unspecified atom stereocenters. The van der Waals surface area contributed by atoms with Crippen LogP contribution in [0.2, 0.25) is 0 Å². The molecule has 0 fully saturated rings. The van der Waals surface area contributed by atoms with Crippen LogP contribution in [-0.2, 0) is 21.2 Å². The highest BCUT2D eigenvalue weighted by Crippen LogP contribution is 2.07. The van der Waals surface area contributed by atoms with Gasteiger partial charge in [-0.25, -0.2) is 8.42 Å². The van der Waals surface area contributed by atoms with Crippen molar-refractivity contribution < 1.29 is 13.2 Å². The third kappa shape index (κ3) is 5.87. The number of sulfone groups is 1. The molecule has 0 atom stereocenters. The Balaban J connectivity index is 2.75. The highest BCUT2D eigenvalue weighted by molar-refractivity contribution is 7.91. The van der Waals surface area contributed by atoms with Crippen LogP contribution in [0, 0.1) is 11.8 Å². The number of amides is 1. The largest absolute Gasteiger partial charge is 0.341 e. The molecule has 1 rings (SSSR count). The molecule has 108 valence electrons. The molecule has 6 heteroatoms. The molecule has 0 aliphatic heterocycles. The van der Waals surface area contributed by atoms with Gasteiger partial charge >= 0.3 is 0 Å². The summed E-state index contributed by atoms with van der Waals surface area (Å²) in [7, 11) is -1.73. The topological polar surface area (TPSA) is 80.5 Å². The summed E-state index contributed by atoms with van der Waals surface area (Å²) in [5.74, 6) is 4.77. The minimum absolute atomic E-state index is 0.289. The summed E-state index contributed by atoms with van der Waals surface area (Å²) < 4.78 is 22.2. The number of hydrogen-bond acceptors (Lipinski definition) is 4. The van der Waals surface area contributed by atoms with E-state index in [1.54, 1.807) is 7.05 Å². The first kappa shape index (κ1) is 16.2. The number of rotatable bonds is 4. The van der Waals surface area contributed by atoms with Gasteiger partial charge < -0.3 is 10.6 Å². The quantitative estimate of drug-likeness (QED) is 0.793. The van der Waals surface area contributed by atoms with Crippen LogP contribution in [0.3, 0.4) is 0 Å². The summed E-state index contributed by atoms with van der Waals surface area (Å²) in [6.45, 7) is 0.628. The lowest BCUT2D eigenvalue weighted by molar-refractivity contribution is -0.127. The average Bonchev–Trinajstić information content (AvgIpc) is 2.34. The van der Waals surface area contributed by atoms with E-state index >= 15 is 0 Å². The van der Waals surface area contributed by atoms with Crippen LogP contribution in [0.5, 0.6) is 0 Å². The van der Waals surface area contributed by atoms with Gasteiger partial charge in [0.2, 0.25) is 5.91 Å². The zero-order chi connectivity index (χ0) is 15.2. The number of hydrogen-bond donors (Lipinski definition) is 1. The molecule has 0 spiro atoms. The number of nitrogens with zero attached hydrogens (tertiary/aromatic N) is 1. The third-order valence-corrected chi connectivity index (χ3v) is 3.26. The van der Waals surface area contributed by atoms with Gasteiger partial charge in [0, 0.05) is 25.4 Å². The van der Waals surface area contributed by atoms with Gasteiger partial charge in [-0.15, -0.1) is 0 Å². The second-order valence-corrected chi connectivity index (χ2v) is 6.67. The van der Waals surface area contributed by atoms with Crippen LogP contribution in [0.15, 0.2) is 24.3 Å². The zero-order valence-electron chi connectivity index (χ0n) is 11.6. The number of carbonyl (C=O) groups is 1. The Hall–Kier alpha value is -1.84. The lowest BCUT2D eigenvalue weighted by atomic mass is 10.1. The van der Waals surface area contributed by atoms with E-state index in [1.165, 1.54) is 4.90 Å². The third-order valence-electron chi connectivity index (χ3n) is 2.49. The van der Waals surface area contributed by atoms with E-state index in [1.807, 2.05) is 24.3 Å². The first-order valence-corrected chi connectivity index (χ1v) is 8.07. The Morgan fingerprint density at radius 2 is 2.10 bits per heavy atom. The molecule has 0 aliphatic rings. The van der Waals surface area contributed by atoms with Gasteiger partial charge in [-0.2, -0.15) is 0 Å². The van der Waals surface area contributed by atoms with Crippen LogP contribution in [-0.4, -0.2) is 44.8 Å². The maximum absolute atomic E-state index is 11.7. The van der Waals surface area contributed by atoms with E-state index in [-0.39, 0.29) is 6.54 Å². The summed E-state index contributed by atoms with van der Waals surface area (Å²) in [4.78, 5) is 13.1. The van der Waals surface area contributed by atoms with Crippen molar-refractivity contribution in [3.63, 3.8) is 0 Å². The fraction of sp³-hybridized carbons (Fsp3) is 0.357. The smallest absolute Gasteiger partial charge is 0.237 e. The van der Waals surface area contributed by atoms with E-state index in [0.717, 1.165) is 17.4 Å². The maximum atomic E-state index is 11.7. The van der Waals surface area contributed by atoms with Gasteiger partial charge in [0.05, 0.1) is 6.54 Å². The molecular weight excluding hydrogens is 276 g/mol. The van der Waals surface area contributed by atoms with Crippen molar-refractivity contribution in [2.24, 2.45) is 5.73 Å². The number of benzene rings is 1. The molecule has 0 aromatic heterocycles. The van der Waals surface area contributed by atoms with Crippen molar-refractivity contribution in [3.05, 3.63) is 35.4 Å². The normalized spacial score (nSPS) is 10.6. The van der Waals surface area contributed by atoms with Crippen LogP contribution < -0.4 is 5.73 Å². The molecule has 1 amide bonds. The van der Waals surface area contributed by atoms with Crippen molar-refractivity contribution in [3.8, 4) is 11.8 Å². The minimum atomic E-state index is -3.31. The van der Waals surface area contributed by atoms with E-state index in [0.29, 0.717) is 6.54 Å². The Kier molecular flexibility index (Phi) is 5.74. The van der Waals surface area contributed by atoms with Crippen molar-refractivity contribution in [2.75, 3.05) is 25.6 Å². The molecule has 0 saturated carbocycles. The van der Waals surface area contributed by atoms with E-state index in [9.17, 15) is 13.2 Å². The van der Waals surface area contributed by atoms with Gasteiger partial charge in [0.1, 0.15) is 5.75 Å². The molecule has 0 radical (unpaired) electrons. The Bertz CT molecular complexity index is 642. The highest BCUT2D eigenvalue weighted by atomic mass is 32.2. The van der Waals surface area contributed by atoms with Crippen LogP contribution >= 0.6 is 0 Å². The summed E-state index contributed by atoms with van der Waals surface area (Å²) in [5, 5.41) is 0. The molecule has 1 aromatic rings. The first-order valence-electron chi connectivity index (χ1n) is 6.01. The molecule has 1 aromatic carbocycles. The molecule has 20 heavy (non-hydrogen) atoms. The van der Waals surface area contributed by atoms with E-state index < -0.39 is 21.5 Å². The summed E-state index contributed by atoms with van der Waals surface area (Å²) >= 11 is 0. The zero-order valence-corrected chi connectivity index (χ0v) is 12.4. The number of carbonyl (C=O) groups excluding carboxylic acids is 1. The molecular formula is C14H18N2O3S. The molecule has 0 saturated heterocycles. The van der Waals surface area contributed by atoms with Gasteiger partial charge in [0.15, 0.2) is 9.84 Å². The van der Waals surface area contributed by atoms with Gasteiger partial charge in [-0.3, -0.25) is 4.79 Å². The van der Waals surface area contributed by atoms with Gasteiger partial charge in [-0.1, -0.05) is 24.0 Å². The molecule has 5 nitrogen and oxygen atoms in total. The first-order chi connectivity index (χ1) is 9.31. The monoisotopic (exact) mass is 294 g/mol. The van der Waals surface area contributed by atoms with Gasteiger partial charge in [-0.05, 0) is 17.7 Å². The molecule has 0 aliphatic carbocycles. The Morgan fingerprint density at radius 3 is 2.70 bits per heavy atom. The fourth-order valence-corrected chi connectivity index (χ4v) is 2.27. The lowest BCUT2D eigenvalue weighted by Crippen LogP contribution is -2.31. The second kappa shape index (κ2) is 7.08. The SMILES string of the molecule is CN(Cc1cccc(C#CCN)c1)C(=O)CS(C)(=O)=O. The standard InChI is InChI=1S/C14H18N2O3S/c1-16(14(17)11-20(2,18)19)10-13-6-3-5-12(9-13)7-4-8-15/h3,5-6,9H,8,10-11,15H2,1-2H3. The summed E-state index contributed by atoms with van der Waals surface area (Å²) in [6.07, 6.45) is 1.04. The van der Waals surface area contributed by atoms with Crippen molar-refractivity contribution in [1.29, 1.82) is 0 Å². The predicted molar refractivity (Wildman–Crippen MR) is 78.6 cm³/mol. The van der Waals surface area contributed by atoms with Crippen LogP contribution in [0.1, 0.15) is 11.1 Å². The molecule has 2 N–H and O–H groups in total. The van der Waals surface area contributed by atoms with E-state index in [2.05, 4.69) is 11.8 Å². The molecule has 0 bridgehead atoms. The Morgan fingerprint density at radius 1 is 1.40 bits per heavy atom. The van der Waals surface area contributed by atoms with E-state index in [4.69, 9.17) is 5.73 Å². The second-order valence-electron chi connectivity index (χ2n) is 4.53. The summed E-state index contributed by atoms with van der Waals surface area (Å²) in [5.41, 5.74) is 7.01. The summed E-state index contributed by atoms with van der Waals surface area (Å²) in [6, 6.07) is 7.40. The highest BCUT2D eigenvalue weighted by Gasteiger charge is 2.15. The van der Waals surface area contributed by atoms with Crippen molar-refractivity contribution in [1.82, 2.24) is 4.90 Å².